The number of methoxy groups -OCH3 is 1. The van der Waals surface area contributed by atoms with Gasteiger partial charge in [-0.3, -0.25) is 4.79 Å². The third-order valence-corrected chi connectivity index (χ3v) is 5.82. The monoisotopic (exact) mass is 381 g/mol. The summed E-state index contributed by atoms with van der Waals surface area (Å²) in [6, 6.07) is 16.3. The average molecular weight is 381 g/mol. The Hall–Kier alpha value is -2.86. The van der Waals surface area contributed by atoms with E-state index in [2.05, 4.69) is 24.3 Å². The molecule has 4 rings (SSSR count). The van der Waals surface area contributed by atoms with Crippen LogP contribution in [0.1, 0.15) is 23.5 Å². The van der Waals surface area contributed by atoms with Crippen LogP contribution in [0.2, 0.25) is 0 Å². The molecule has 2 aromatic rings. The van der Waals surface area contributed by atoms with E-state index >= 15 is 0 Å². The first-order chi connectivity index (χ1) is 13.6. The van der Waals surface area contributed by atoms with Crippen LogP contribution in [0.5, 0.6) is 0 Å². The number of hydrogen-bond donors (Lipinski definition) is 1. The molecule has 6 nitrogen and oxygen atoms in total. The fourth-order valence-electron chi connectivity index (χ4n) is 4.34. The van der Waals surface area contributed by atoms with Crippen LogP contribution in [0, 0.1) is 5.41 Å². The maximum Gasteiger partial charge on any atom is 0.409 e. The van der Waals surface area contributed by atoms with Gasteiger partial charge in [-0.15, -0.1) is 0 Å². The normalized spacial score (nSPS) is 20.7. The molecule has 0 saturated carbocycles. The van der Waals surface area contributed by atoms with Crippen molar-refractivity contribution in [3.63, 3.8) is 0 Å². The lowest BCUT2D eigenvalue weighted by Gasteiger charge is -2.24. The van der Waals surface area contributed by atoms with Gasteiger partial charge in [0.05, 0.1) is 6.61 Å². The van der Waals surface area contributed by atoms with Gasteiger partial charge in [-0.2, -0.15) is 0 Å². The Balaban J connectivity index is 1.47. The zero-order chi connectivity index (χ0) is 19.7. The van der Waals surface area contributed by atoms with E-state index in [9.17, 15) is 14.7 Å². The molecule has 0 bridgehead atoms. The first kappa shape index (κ1) is 18.5. The number of fused-ring (bicyclic) bond motifs is 3. The van der Waals surface area contributed by atoms with E-state index in [1.807, 2.05) is 24.3 Å². The summed E-state index contributed by atoms with van der Waals surface area (Å²) >= 11 is 0. The second kappa shape index (κ2) is 7.28. The molecule has 1 saturated heterocycles. The van der Waals surface area contributed by atoms with Gasteiger partial charge >= 0.3 is 12.1 Å². The Labute approximate surface area is 163 Å². The molecule has 28 heavy (non-hydrogen) atoms. The van der Waals surface area contributed by atoms with Crippen LogP contribution in [0.25, 0.3) is 11.1 Å². The Morgan fingerprint density at radius 3 is 2.29 bits per heavy atom. The predicted octanol–water partition coefficient (Wildman–Crippen LogP) is 3.36. The van der Waals surface area contributed by atoms with E-state index < -0.39 is 17.5 Å². The van der Waals surface area contributed by atoms with Gasteiger partial charge in [-0.1, -0.05) is 48.5 Å². The molecule has 1 N–H and O–H groups in total. The van der Waals surface area contributed by atoms with E-state index in [0.717, 1.165) is 11.1 Å². The fraction of sp³-hybridized carbons (Fsp3) is 0.364. The number of carboxylic acids is 1. The van der Waals surface area contributed by atoms with Crippen molar-refractivity contribution in [1.29, 1.82) is 0 Å². The molecular formula is C22H23NO5. The lowest BCUT2D eigenvalue weighted by atomic mass is 9.88. The third kappa shape index (κ3) is 3.03. The lowest BCUT2D eigenvalue weighted by molar-refractivity contribution is -0.151. The number of carboxylic acid groups (broad SMARTS) is 1. The summed E-state index contributed by atoms with van der Waals surface area (Å²) in [7, 11) is 1.47. The summed E-state index contributed by atoms with van der Waals surface area (Å²) in [5.41, 5.74) is 3.59. The molecule has 0 aromatic heterocycles. The summed E-state index contributed by atoms with van der Waals surface area (Å²) in [6.07, 6.45) is -0.110. The highest BCUT2D eigenvalue weighted by Crippen LogP contribution is 2.44. The summed E-state index contributed by atoms with van der Waals surface area (Å²) in [6.45, 7) is 0.766. The molecule has 0 spiro atoms. The summed E-state index contributed by atoms with van der Waals surface area (Å²) in [4.78, 5) is 25.7. The molecule has 1 fully saturated rings. The number of benzene rings is 2. The van der Waals surface area contributed by atoms with Gasteiger partial charge in [-0.25, -0.2) is 4.79 Å². The van der Waals surface area contributed by atoms with E-state index in [0.29, 0.717) is 13.0 Å². The number of likely N-dealkylation sites (tertiary alicyclic amines) is 1. The largest absolute Gasteiger partial charge is 0.481 e. The van der Waals surface area contributed by atoms with E-state index in [1.54, 1.807) is 0 Å². The van der Waals surface area contributed by atoms with Gasteiger partial charge < -0.3 is 19.5 Å². The van der Waals surface area contributed by atoms with Crippen LogP contribution in [-0.2, 0) is 14.3 Å². The van der Waals surface area contributed by atoms with Gasteiger partial charge in [-0.05, 0) is 28.7 Å². The van der Waals surface area contributed by atoms with Crippen LogP contribution < -0.4 is 0 Å². The standard InChI is InChI=1S/C22H23NO5/c1-27-14-22(20(24)25)10-11-23(13-22)21(26)28-12-19-17-8-4-2-6-15(17)16-7-3-5-9-18(16)19/h2-9,19H,10-14H2,1H3,(H,24,25). The number of hydrogen-bond acceptors (Lipinski definition) is 4. The van der Waals surface area contributed by atoms with Gasteiger partial charge in [0.15, 0.2) is 0 Å². The van der Waals surface area contributed by atoms with Gasteiger partial charge in [0.2, 0.25) is 0 Å². The topological polar surface area (TPSA) is 76.1 Å². The molecule has 1 aliphatic heterocycles. The Bertz CT molecular complexity index is 866. The number of carbonyl (C=O) groups excluding carboxylic acids is 1. The highest BCUT2D eigenvalue weighted by molar-refractivity contribution is 5.80. The molecule has 146 valence electrons. The minimum Gasteiger partial charge on any atom is -0.481 e. The van der Waals surface area contributed by atoms with Crippen LogP contribution in [-0.4, -0.2) is 55.5 Å². The molecular weight excluding hydrogens is 358 g/mol. The van der Waals surface area contributed by atoms with Crippen molar-refractivity contribution in [1.82, 2.24) is 4.90 Å². The van der Waals surface area contributed by atoms with Gasteiger partial charge in [0.1, 0.15) is 12.0 Å². The van der Waals surface area contributed by atoms with Crippen molar-refractivity contribution in [2.75, 3.05) is 33.4 Å². The average Bonchev–Trinajstić information content (AvgIpc) is 3.27. The van der Waals surface area contributed by atoms with Crippen molar-refractivity contribution in [3.8, 4) is 11.1 Å². The Kier molecular flexibility index (Phi) is 4.81. The summed E-state index contributed by atoms with van der Waals surface area (Å²) in [5, 5.41) is 9.56. The molecule has 1 aliphatic carbocycles. The number of nitrogens with zero attached hydrogens (tertiary/aromatic N) is 1. The zero-order valence-corrected chi connectivity index (χ0v) is 15.8. The highest BCUT2D eigenvalue weighted by atomic mass is 16.6. The Morgan fingerprint density at radius 1 is 1.11 bits per heavy atom. The number of amides is 1. The number of carbonyl (C=O) groups is 2. The number of aliphatic carboxylic acids is 1. The van der Waals surface area contributed by atoms with Crippen LogP contribution >= 0.6 is 0 Å². The molecule has 1 amide bonds. The minimum atomic E-state index is -1.06. The number of ether oxygens (including phenoxy) is 2. The Morgan fingerprint density at radius 2 is 1.71 bits per heavy atom. The lowest BCUT2D eigenvalue weighted by Crippen LogP contribution is -2.40. The molecule has 0 radical (unpaired) electrons. The quantitative estimate of drug-likeness (QED) is 0.859. The second-order valence-electron chi connectivity index (χ2n) is 7.49. The van der Waals surface area contributed by atoms with Crippen molar-refractivity contribution in [2.45, 2.75) is 12.3 Å². The fourth-order valence-corrected chi connectivity index (χ4v) is 4.34. The van der Waals surface area contributed by atoms with Gasteiger partial charge in [0.25, 0.3) is 0 Å². The smallest absolute Gasteiger partial charge is 0.409 e. The second-order valence-corrected chi connectivity index (χ2v) is 7.49. The first-order valence-corrected chi connectivity index (χ1v) is 9.38. The predicted molar refractivity (Wildman–Crippen MR) is 103 cm³/mol. The molecule has 2 aliphatic rings. The van der Waals surface area contributed by atoms with Crippen molar-refractivity contribution in [3.05, 3.63) is 59.7 Å². The molecule has 1 unspecified atom stereocenters. The van der Waals surface area contributed by atoms with Gasteiger partial charge in [0, 0.05) is 26.1 Å². The maximum atomic E-state index is 12.6. The molecule has 1 heterocycles. The van der Waals surface area contributed by atoms with E-state index in [-0.39, 0.29) is 25.7 Å². The van der Waals surface area contributed by atoms with Crippen molar-refractivity contribution < 1.29 is 24.2 Å². The van der Waals surface area contributed by atoms with E-state index in [4.69, 9.17) is 9.47 Å². The SMILES string of the molecule is COCC1(C(=O)O)CCN(C(=O)OCC2c3ccccc3-c3ccccc32)C1. The highest BCUT2D eigenvalue weighted by Gasteiger charge is 2.47. The summed E-state index contributed by atoms with van der Waals surface area (Å²) in [5.74, 6) is -0.953. The molecule has 1 atom stereocenters. The molecule has 6 heteroatoms. The number of rotatable bonds is 5. The van der Waals surface area contributed by atoms with Crippen molar-refractivity contribution in [2.24, 2.45) is 5.41 Å². The van der Waals surface area contributed by atoms with Crippen molar-refractivity contribution >= 4 is 12.1 Å². The van der Waals surface area contributed by atoms with Crippen LogP contribution in [0.15, 0.2) is 48.5 Å². The zero-order valence-electron chi connectivity index (χ0n) is 15.8. The van der Waals surface area contributed by atoms with Crippen LogP contribution in [0.4, 0.5) is 4.79 Å². The van der Waals surface area contributed by atoms with Crippen LogP contribution in [0.3, 0.4) is 0 Å². The minimum absolute atomic E-state index is 0.0119. The first-order valence-electron chi connectivity index (χ1n) is 9.38. The maximum absolute atomic E-state index is 12.6. The third-order valence-electron chi connectivity index (χ3n) is 5.82. The van der Waals surface area contributed by atoms with E-state index in [1.165, 1.54) is 23.1 Å². The summed E-state index contributed by atoms with van der Waals surface area (Å²) < 4.78 is 10.7. The molecule has 2 aromatic carbocycles.